The lowest BCUT2D eigenvalue weighted by atomic mass is 10.2. The van der Waals surface area contributed by atoms with E-state index < -0.39 is 0 Å². The highest BCUT2D eigenvalue weighted by molar-refractivity contribution is 6.30. The van der Waals surface area contributed by atoms with Gasteiger partial charge in [0.1, 0.15) is 11.4 Å². The first-order valence-electron chi connectivity index (χ1n) is 7.90. The number of fused-ring (bicyclic) bond motifs is 1. The molecule has 0 spiro atoms. The predicted octanol–water partition coefficient (Wildman–Crippen LogP) is 3.32. The van der Waals surface area contributed by atoms with Crippen LogP contribution in [0.15, 0.2) is 54.7 Å². The molecule has 3 heterocycles. The van der Waals surface area contributed by atoms with Crippen LogP contribution in [0, 0.1) is 6.92 Å². The van der Waals surface area contributed by atoms with Gasteiger partial charge in [-0.05, 0) is 37.3 Å². The minimum atomic E-state index is -0.355. The highest BCUT2D eigenvalue weighted by Gasteiger charge is 2.20. The summed E-state index contributed by atoms with van der Waals surface area (Å²) in [6.07, 6.45) is 1.74. The highest BCUT2D eigenvalue weighted by Crippen LogP contribution is 2.23. The van der Waals surface area contributed by atoms with Gasteiger partial charge in [-0.15, -0.1) is 5.10 Å². The molecule has 0 saturated heterocycles. The molecule has 0 saturated carbocycles. The number of hydrogen-bond acceptors (Lipinski definition) is 4. The number of nitrogens with one attached hydrogen (secondary N) is 1. The summed E-state index contributed by atoms with van der Waals surface area (Å²) in [6.45, 7) is 1.85. The first kappa shape index (κ1) is 16.2. The van der Waals surface area contributed by atoms with Crippen molar-refractivity contribution in [3.05, 3.63) is 71.0 Å². The van der Waals surface area contributed by atoms with Crippen LogP contribution in [0.4, 0.5) is 11.6 Å². The molecule has 0 aliphatic rings. The summed E-state index contributed by atoms with van der Waals surface area (Å²) in [5, 5.41) is 12.1. The van der Waals surface area contributed by atoms with E-state index in [9.17, 15) is 4.79 Å². The van der Waals surface area contributed by atoms with Crippen molar-refractivity contribution in [1.29, 1.82) is 0 Å². The van der Waals surface area contributed by atoms with Gasteiger partial charge < -0.3 is 11.1 Å². The van der Waals surface area contributed by atoms with Gasteiger partial charge in [0.2, 0.25) is 0 Å². The molecule has 8 heteroatoms. The molecule has 0 aliphatic heterocycles. The summed E-state index contributed by atoms with van der Waals surface area (Å²) >= 11 is 6.07. The van der Waals surface area contributed by atoms with E-state index in [4.69, 9.17) is 17.3 Å². The molecule has 3 N–H and O–H groups in total. The number of nitrogen functional groups attached to an aromatic ring is 1. The van der Waals surface area contributed by atoms with Gasteiger partial charge in [-0.2, -0.15) is 5.10 Å². The first-order valence-corrected chi connectivity index (χ1v) is 8.27. The second-order valence-electron chi connectivity index (χ2n) is 5.81. The Balaban J connectivity index is 1.74. The van der Waals surface area contributed by atoms with Crippen molar-refractivity contribution in [2.24, 2.45) is 0 Å². The Morgan fingerprint density at radius 3 is 2.81 bits per heavy atom. The highest BCUT2D eigenvalue weighted by atomic mass is 35.5. The number of aryl methyl sites for hydroxylation is 1. The molecular formula is C18H15ClN6O. The van der Waals surface area contributed by atoms with E-state index in [1.807, 2.05) is 31.2 Å². The van der Waals surface area contributed by atoms with Crippen LogP contribution >= 0.6 is 11.6 Å². The molecule has 3 aromatic heterocycles. The average molecular weight is 367 g/mol. The molecule has 26 heavy (non-hydrogen) atoms. The lowest BCUT2D eigenvalue weighted by Crippen LogP contribution is -2.16. The zero-order valence-corrected chi connectivity index (χ0v) is 14.6. The number of carbonyl (C=O) groups excluding carboxylic acids is 1. The number of hydrogen-bond donors (Lipinski definition) is 2. The van der Waals surface area contributed by atoms with Crippen molar-refractivity contribution in [3.8, 4) is 5.69 Å². The minimum absolute atomic E-state index is 0.166. The van der Waals surface area contributed by atoms with Crippen molar-refractivity contribution in [2.75, 3.05) is 11.1 Å². The van der Waals surface area contributed by atoms with Crippen LogP contribution in [0.5, 0.6) is 0 Å². The number of carbonyl (C=O) groups is 1. The fourth-order valence-corrected chi connectivity index (χ4v) is 3.01. The van der Waals surface area contributed by atoms with Crippen LogP contribution < -0.4 is 11.1 Å². The normalized spacial score (nSPS) is 11.0. The van der Waals surface area contributed by atoms with Gasteiger partial charge in [0.15, 0.2) is 5.82 Å². The standard InChI is InChI=1S/C18H15ClN6O/c1-11-9-15(25(22-11)13-6-4-5-12(19)10-13)21-18(26)16-14-7-2-3-8-24(14)23-17(16)20/h2-10H,1H3,(H2,20,23)(H,21,26). The number of halogens is 1. The number of nitrogens with two attached hydrogens (primary N) is 1. The van der Waals surface area contributed by atoms with Crippen molar-refractivity contribution < 1.29 is 4.79 Å². The summed E-state index contributed by atoms with van der Waals surface area (Å²) in [5.41, 5.74) is 8.41. The minimum Gasteiger partial charge on any atom is -0.382 e. The van der Waals surface area contributed by atoms with Crippen LogP contribution in [0.2, 0.25) is 5.02 Å². The third kappa shape index (κ3) is 2.78. The monoisotopic (exact) mass is 366 g/mol. The molecule has 0 fully saturated rings. The molecule has 0 radical (unpaired) electrons. The fraction of sp³-hybridized carbons (Fsp3) is 0.0556. The maximum Gasteiger partial charge on any atom is 0.262 e. The number of amides is 1. The predicted molar refractivity (Wildman–Crippen MR) is 101 cm³/mol. The van der Waals surface area contributed by atoms with Crippen LogP contribution in [-0.2, 0) is 0 Å². The van der Waals surface area contributed by atoms with Gasteiger partial charge in [0.25, 0.3) is 5.91 Å². The van der Waals surface area contributed by atoms with E-state index >= 15 is 0 Å². The molecule has 0 atom stereocenters. The Morgan fingerprint density at radius 1 is 1.15 bits per heavy atom. The van der Waals surface area contributed by atoms with Gasteiger partial charge in [-0.25, -0.2) is 9.20 Å². The van der Waals surface area contributed by atoms with E-state index in [0.29, 0.717) is 21.9 Å². The molecule has 7 nitrogen and oxygen atoms in total. The van der Waals surface area contributed by atoms with E-state index in [-0.39, 0.29) is 11.7 Å². The number of rotatable bonds is 3. The van der Waals surface area contributed by atoms with Crippen LogP contribution in [-0.4, -0.2) is 25.3 Å². The number of anilines is 2. The van der Waals surface area contributed by atoms with Crippen molar-refractivity contribution in [2.45, 2.75) is 6.92 Å². The van der Waals surface area contributed by atoms with Crippen molar-refractivity contribution in [3.63, 3.8) is 0 Å². The fourth-order valence-electron chi connectivity index (χ4n) is 2.82. The first-order chi connectivity index (χ1) is 12.5. The zero-order valence-electron chi connectivity index (χ0n) is 13.8. The lowest BCUT2D eigenvalue weighted by molar-refractivity contribution is 0.102. The van der Waals surface area contributed by atoms with Crippen LogP contribution in [0.3, 0.4) is 0 Å². The molecule has 130 valence electrons. The van der Waals surface area contributed by atoms with E-state index in [2.05, 4.69) is 15.5 Å². The largest absolute Gasteiger partial charge is 0.382 e. The SMILES string of the molecule is Cc1cc(NC(=O)c2c(N)nn3ccccc23)n(-c2cccc(Cl)c2)n1. The zero-order chi connectivity index (χ0) is 18.3. The number of aromatic nitrogens is 4. The summed E-state index contributed by atoms with van der Waals surface area (Å²) in [6, 6.07) is 14.4. The number of nitrogens with zero attached hydrogens (tertiary/aromatic N) is 4. The molecule has 0 aliphatic carbocycles. The smallest absolute Gasteiger partial charge is 0.262 e. The van der Waals surface area contributed by atoms with Gasteiger partial charge in [-0.1, -0.05) is 23.7 Å². The van der Waals surface area contributed by atoms with E-state index in [0.717, 1.165) is 11.4 Å². The topological polar surface area (TPSA) is 90.2 Å². The third-order valence-electron chi connectivity index (χ3n) is 3.92. The number of benzene rings is 1. The van der Waals surface area contributed by atoms with Crippen LogP contribution in [0.25, 0.3) is 11.2 Å². The second kappa shape index (κ2) is 6.20. The molecular weight excluding hydrogens is 352 g/mol. The third-order valence-corrected chi connectivity index (χ3v) is 4.16. The molecule has 0 unspecified atom stereocenters. The molecule has 0 bridgehead atoms. The second-order valence-corrected chi connectivity index (χ2v) is 6.24. The Bertz CT molecular complexity index is 1130. The summed E-state index contributed by atoms with van der Waals surface area (Å²) in [5.74, 6) is 0.329. The maximum absolute atomic E-state index is 12.9. The van der Waals surface area contributed by atoms with Gasteiger partial charge in [-0.3, -0.25) is 4.79 Å². The summed E-state index contributed by atoms with van der Waals surface area (Å²) < 4.78 is 3.20. The maximum atomic E-state index is 12.9. The number of pyridine rings is 1. The quantitative estimate of drug-likeness (QED) is 0.582. The van der Waals surface area contributed by atoms with E-state index in [1.54, 1.807) is 39.7 Å². The van der Waals surface area contributed by atoms with Gasteiger partial charge in [0, 0.05) is 17.3 Å². The molecule has 4 aromatic rings. The van der Waals surface area contributed by atoms with Gasteiger partial charge in [0.05, 0.1) is 16.9 Å². The Hall–Kier alpha value is -3.32. The van der Waals surface area contributed by atoms with Crippen LogP contribution in [0.1, 0.15) is 16.1 Å². The molecule has 4 rings (SSSR count). The van der Waals surface area contributed by atoms with Crippen molar-refractivity contribution in [1.82, 2.24) is 19.4 Å². The summed E-state index contributed by atoms with van der Waals surface area (Å²) in [7, 11) is 0. The average Bonchev–Trinajstić information content (AvgIpc) is 3.13. The van der Waals surface area contributed by atoms with Crippen molar-refractivity contribution >= 4 is 34.7 Å². The van der Waals surface area contributed by atoms with E-state index in [1.165, 1.54) is 0 Å². The Morgan fingerprint density at radius 2 is 2.00 bits per heavy atom. The molecule has 1 amide bonds. The van der Waals surface area contributed by atoms with Gasteiger partial charge >= 0.3 is 0 Å². The Labute approximate surface area is 154 Å². The lowest BCUT2D eigenvalue weighted by Gasteiger charge is -2.09. The summed E-state index contributed by atoms with van der Waals surface area (Å²) in [4.78, 5) is 12.9. The molecule has 1 aromatic carbocycles. The Kier molecular flexibility index (Phi) is 3.85.